The fourth-order valence-corrected chi connectivity index (χ4v) is 2.23. The molecule has 0 aliphatic heterocycles. The van der Waals surface area contributed by atoms with Crippen LogP contribution in [0.1, 0.15) is 11.3 Å². The number of nitrogens with zero attached hydrogens (tertiary/aromatic N) is 3. The number of phenolic OH excluding ortho intramolecular Hbond substituents is 1. The number of urea groups is 1. The van der Waals surface area contributed by atoms with E-state index in [0.29, 0.717) is 16.9 Å². The topological polar surface area (TPSA) is 92.1 Å². The fraction of sp³-hybridized carbons (Fsp3) is 0.118. The molecule has 0 saturated carbocycles. The molecule has 3 N–H and O–H groups in total. The third-order valence-corrected chi connectivity index (χ3v) is 3.62. The Balaban J connectivity index is 1.67. The lowest BCUT2D eigenvalue weighted by Crippen LogP contribution is -2.20. The average molecular weight is 341 g/mol. The van der Waals surface area contributed by atoms with Gasteiger partial charge in [-0.25, -0.2) is 13.9 Å². The molecule has 0 saturated heterocycles. The Morgan fingerprint density at radius 3 is 2.60 bits per heavy atom. The van der Waals surface area contributed by atoms with E-state index in [1.54, 1.807) is 37.3 Å². The number of carbonyl (C=O) groups is 1. The van der Waals surface area contributed by atoms with Crippen LogP contribution in [0, 0.1) is 12.7 Å². The van der Waals surface area contributed by atoms with Gasteiger partial charge in [0.25, 0.3) is 0 Å². The number of benzene rings is 2. The van der Waals surface area contributed by atoms with Crippen molar-refractivity contribution in [1.82, 2.24) is 15.0 Å². The number of hydrogen-bond acceptors (Lipinski definition) is 4. The van der Waals surface area contributed by atoms with Crippen LogP contribution in [0.4, 0.5) is 20.7 Å². The Morgan fingerprint density at radius 2 is 1.88 bits per heavy atom. The van der Waals surface area contributed by atoms with Crippen molar-refractivity contribution in [1.29, 1.82) is 0 Å². The second-order valence-electron chi connectivity index (χ2n) is 5.40. The van der Waals surface area contributed by atoms with Crippen molar-refractivity contribution in [3.05, 3.63) is 65.6 Å². The predicted octanol–water partition coefficient (Wildman–Crippen LogP) is 3.12. The van der Waals surface area contributed by atoms with E-state index in [2.05, 4.69) is 20.9 Å². The maximum absolute atomic E-state index is 13.7. The zero-order valence-electron chi connectivity index (χ0n) is 13.4. The van der Waals surface area contributed by atoms with E-state index < -0.39 is 6.03 Å². The lowest BCUT2D eigenvalue weighted by atomic mass is 10.2. The molecule has 0 fully saturated rings. The number of anilines is 2. The molecular formula is C17H16FN5O2. The van der Waals surface area contributed by atoms with E-state index in [4.69, 9.17) is 0 Å². The SMILES string of the molecule is Cc1c(NC(=O)Nc2ccc(O)cc2)nnn1Cc1ccccc1F. The average Bonchev–Trinajstić information content (AvgIpc) is 2.92. The molecule has 0 aliphatic carbocycles. The third kappa shape index (κ3) is 3.92. The largest absolute Gasteiger partial charge is 0.508 e. The molecule has 1 aromatic heterocycles. The van der Waals surface area contributed by atoms with E-state index in [1.165, 1.54) is 22.9 Å². The minimum absolute atomic E-state index is 0.109. The molecule has 2 aromatic carbocycles. The van der Waals surface area contributed by atoms with E-state index in [1.807, 2.05) is 0 Å². The number of hydrogen-bond donors (Lipinski definition) is 3. The number of phenols is 1. The van der Waals surface area contributed by atoms with E-state index in [9.17, 15) is 14.3 Å². The summed E-state index contributed by atoms with van der Waals surface area (Å²) in [5, 5.41) is 22.3. The number of carbonyl (C=O) groups excluding carboxylic acids is 1. The molecule has 25 heavy (non-hydrogen) atoms. The second kappa shape index (κ2) is 7.00. The molecule has 0 spiro atoms. The number of halogens is 1. The van der Waals surface area contributed by atoms with Crippen LogP contribution in [-0.4, -0.2) is 26.1 Å². The van der Waals surface area contributed by atoms with E-state index in [-0.39, 0.29) is 23.9 Å². The molecule has 3 rings (SSSR count). The van der Waals surface area contributed by atoms with Gasteiger partial charge < -0.3 is 10.4 Å². The van der Waals surface area contributed by atoms with Crippen LogP contribution in [-0.2, 0) is 6.54 Å². The first kappa shape index (κ1) is 16.4. The maximum atomic E-state index is 13.7. The van der Waals surface area contributed by atoms with Gasteiger partial charge in [0.2, 0.25) is 0 Å². The van der Waals surface area contributed by atoms with Gasteiger partial charge in [0, 0.05) is 11.3 Å². The summed E-state index contributed by atoms with van der Waals surface area (Å²) in [6.07, 6.45) is 0. The highest BCUT2D eigenvalue weighted by atomic mass is 19.1. The molecule has 0 unspecified atom stereocenters. The summed E-state index contributed by atoms with van der Waals surface area (Å²) in [5.74, 6) is 0.0717. The second-order valence-corrected chi connectivity index (χ2v) is 5.40. The van der Waals surface area contributed by atoms with Crippen LogP contribution >= 0.6 is 0 Å². The molecule has 0 radical (unpaired) electrons. The van der Waals surface area contributed by atoms with Gasteiger partial charge >= 0.3 is 6.03 Å². The van der Waals surface area contributed by atoms with Crippen molar-refractivity contribution in [3.8, 4) is 5.75 Å². The molecule has 0 atom stereocenters. The molecule has 8 heteroatoms. The van der Waals surface area contributed by atoms with Gasteiger partial charge in [0.1, 0.15) is 11.6 Å². The zero-order chi connectivity index (χ0) is 17.8. The Bertz CT molecular complexity index is 892. The first-order valence-corrected chi connectivity index (χ1v) is 7.53. The fourth-order valence-electron chi connectivity index (χ4n) is 2.23. The summed E-state index contributed by atoms with van der Waals surface area (Å²) in [5.41, 5.74) is 1.60. The minimum atomic E-state index is -0.494. The van der Waals surface area contributed by atoms with Gasteiger partial charge in [-0.15, -0.1) is 5.10 Å². The van der Waals surface area contributed by atoms with Gasteiger partial charge in [-0.2, -0.15) is 0 Å². The van der Waals surface area contributed by atoms with Crippen molar-refractivity contribution < 1.29 is 14.3 Å². The first-order chi connectivity index (χ1) is 12.0. The summed E-state index contributed by atoms with van der Waals surface area (Å²) in [6, 6.07) is 12.0. The highest BCUT2D eigenvalue weighted by molar-refractivity contribution is 5.99. The number of aromatic hydroxyl groups is 1. The number of amides is 2. The van der Waals surface area contributed by atoms with E-state index >= 15 is 0 Å². The van der Waals surface area contributed by atoms with Gasteiger partial charge in [-0.1, -0.05) is 23.4 Å². The van der Waals surface area contributed by atoms with Gasteiger partial charge in [0.05, 0.1) is 12.2 Å². The standard InChI is InChI=1S/C17H16FN5O2/c1-11-16(20-17(25)19-13-6-8-14(24)9-7-13)21-22-23(11)10-12-4-2-3-5-15(12)18/h2-9,24H,10H2,1H3,(H2,19,20,25). The Labute approximate surface area is 143 Å². The summed E-state index contributed by atoms with van der Waals surface area (Å²) in [6.45, 7) is 1.95. The number of nitrogens with one attached hydrogen (secondary N) is 2. The summed E-state index contributed by atoms with van der Waals surface area (Å²) in [4.78, 5) is 12.0. The van der Waals surface area contributed by atoms with Gasteiger partial charge in [0.15, 0.2) is 5.82 Å². The molecule has 2 amide bonds. The number of aromatic nitrogens is 3. The Kier molecular flexibility index (Phi) is 4.60. The van der Waals surface area contributed by atoms with Gasteiger partial charge in [-0.3, -0.25) is 5.32 Å². The van der Waals surface area contributed by atoms with Crippen LogP contribution in [0.2, 0.25) is 0 Å². The summed E-state index contributed by atoms with van der Waals surface area (Å²) in [7, 11) is 0. The molecule has 7 nitrogen and oxygen atoms in total. The lowest BCUT2D eigenvalue weighted by molar-refractivity contribution is 0.262. The Hall–Kier alpha value is -3.42. The Morgan fingerprint density at radius 1 is 1.16 bits per heavy atom. The van der Waals surface area contributed by atoms with Crippen LogP contribution < -0.4 is 10.6 Å². The van der Waals surface area contributed by atoms with Crippen molar-refractivity contribution >= 4 is 17.5 Å². The smallest absolute Gasteiger partial charge is 0.324 e. The molecule has 128 valence electrons. The minimum Gasteiger partial charge on any atom is -0.508 e. The van der Waals surface area contributed by atoms with Crippen molar-refractivity contribution in [2.75, 3.05) is 10.6 Å². The molecule has 3 aromatic rings. The van der Waals surface area contributed by atoms with Crippen LogP contribution in [0.15, 0.2) is 48.5 Å². The van der Waals surface area contributed by atoms with E-state index in [0.717, 1.165) is 0 Å². The first-order valence-electron chi connectivity index (χ1n) is 7.53. The normalized spacial score (nSPS) is 10.5. The van der Waals surface area contributed by atoms with Crippen LogP contribution in [0.25, 0.3) is 0 Å². The summed E-state index contributed by atoms with van der Waals surface area (Å²) < 4.78 is 15.2. The molecule has 0 bridgehead atoms. The van der Waals surface area contributed by atoms with Crippen LogP contribution in [0.5, 0.6) is 5.75 Å². The third-order valence-electron chi connectivity index (χ3n) is 3.62. The highest BCUT2D eigenvalue weighted by Gasteiger charge is 2.13. The van der Waals surface area contributed by atoms with Crippen molar-refractivity contribution in [2.24, 2.45) is 0 Å². The van der Waals surface area contributed by atoms with Crippen LogP contribution in [0.3, 0.4) is 0 Å². The maximum Gasteiger partial charge on any atom is 0.324 e. The summed E-state index contributed by atoms with van der Waals surface area (Å²) >= 11 is 0. The monoisotopic (exact) mass is 341 g/mol. The predicted molar refractivity (Wildman–Crippen MR) is 91.0 cm³/mol. The quantitative estimate of drug-likeness (QED) is 0.636. The van der Waals surface area contributed by atoms with Crippen molar-refractivity contribution in [3.63, 3.8) is 0 Å². The molecular weight excluding hydrogens is 325 g/mol. The number of rotatable bonds is 4. The molecule has 1 heterocycles. The molecule has 0 aliphatic rings. The van der Waals surface area contributed by atoms with Crippen molar-refractivity contribution in [2.45, 2.75) is 13.5 Å². The zero-order valence-corrected chi connectivity index (χ0v) is 13.4. The highest BCUT2D eigenvalue weighted by Crippen LogP contribution is 2.16. The van der Waals surface area contributed by atoms with Gasteiger partial charge in [-0.05, 0) is 37.3 Å². The lowest BCUT2D eigenvalue weighted by Gasteiger charge is -2.07.